The van der Waals surface area contributed by atoms with Crippen LogP contribution in [0.2, 0.25) is 0 Å². The monoisotopic (exact) mass is 341 g/mol. The molecule has 0 saturated carbocycles. The minimum atomic E-state index is -0.175. The molecule has 3 rings (SSSR count). The van der Waals surface area contributed by atoms with Crippen LogP contribution >= 0.6 is 0 Å². The van der Waals surface area contributed by atoms with Gasteiger partial charge in [-0.1, -0.05) is 30.3 Å². The van der Waals surface area contributed by atoms with Crippen LogP contribution in [-0.2, 0) is 4.79 Å². The van der Waals surface area contributed by atoms with Crippen molar-refractivity contribution in [2.75, 3.05) is 32.1 Å². The molecule has 2 aromatic carbocycles. The summed E-state index contributed by atoms with van der Waals surface area (Å²) in [6.07, 6.45) is -0.0628. The van der Waals surface area contributed by atoms with Crippen molar-refractivity contribution in [1.82, 2.24) is 0 Å². The molecular weight excluding hydrogens is 316 g/mol. The van der Waals surface area contributed by atoms with Crippen LogP contribution in [0.5, 0.6) is 11.5 Å². The molecule has 1 aliphatic rings. The third-order valence-corrected chi connectivity index (χ3v) is 4.70. The van der Waals surface area contributed by atoms with Crippen LogP contribution in [0, 0.1) is 0 Å². The Bertz CT molecular complexity index is 720. The van der Waals surface area contributed by atoms with Gasteiger partial charge in [0.1, 0.15) is 13.2 Å². The highest BCUT2D eigenvalue weighted by molar-refractivity contribution is 5.95. The number of carbonyl (C=O) groups excluding carboxylic acids is 1. The molecule has 1 heterocycles. The van der Waals surface area contributed by atoms with Gasteiger partial charge in [0.25, 0.3) is 5.91 Å². The predicted molar refractivity (Wildman–Crippen MR) is 97.4 cm³/mol. The smallest absolute Gasteiger partial charge is 0.284 e. The molecule has 1 N–H and O–H groups in total. The number of likely N-dealkylation sites (N-methyl/N-ethyl adjacent to an activating group) is 2. The van der Waals surface area contributed by atoms with E-state index >= 15 is 0 Å². The number of quaternary nitrogens is 1. The maximum atomic E-state index is 12.8. The van der Waals surface area contributed by atoms with Crippen molar-refractivity contribution in [1.29, 1.82) is 0 Å². The van der Waals surface area contributed by atoms with Crippen molar-refractivity contribution < 1.29 is 19.2 Å². The molecule has 1 amide bonds. The van der Waals surface area contributed by atoms with E-state index in [2.05, 4.69) is 0 Å². The molecule has 1 aliphatic heterocycles. The first-order valence-electron chi connectivity index (χ1n) is 8.59. The van der Waals surface area contributed by atoms with Crippen LogP contribution in [0.4, 0.5) is 5.69 Å². The molecule has 0 aromatic heterocycles. The lowest BCUT2D eigenvalue weighted by Gasteiger charge is -2.31. The molecular formula is C20H25N2O3+. The lowest BCUT2D eigenvalue weighted by molar-refractivity contribution is -0.896. The topological polar surface area (TPSA) is 43.2 Å². The van der Waals surface area contributed by atoms with Crippen LogP contribution in [-0.4, -0.2) is 45.3 Å². The number of hydrogen-bond acceptors (Lipinski definition) is 3. The summed E-state index contributed by atoms with van der Waals surface area (Å²) in [5, 5.41) is 0. The number of para-hydroxylation sites is 3. The van der Waals surface area contributed by atoms with Gasteiger partial charge in [-0.2, -0.15) is 0 Å². The van der Waals surface area contributed by atoms with Crippen LogP contribution in [0.15, 0.2) is 54.6 Å². The number of anilines is 1. The highest BCUT2D eigenvalue weighted by atomic mass is 16.6. The van der Waals surface area contributed by atoms with E-state index in [4.69, 9.17) is 9.47 Å². The van der Waals surface area contributed by atoms with E-state index in [0.29, 0.717) is 13.2 Å². The van der Waals surface area contributed by atoms with Crippen molar-refractivity contribution in [3.8, 4) is 11.5 Å². The molecule has 5 heteroatoms. The van der Waals surface area contributed by atoms with Crippen molar-refractivity contribution >= 4 is 11.6 Å². The van der Waals surface area contributed by atoms with E-state index in [1.165, 1.54) is 0 Å². The quantitative estimate of drug-likeness (QED) is 0.894. The van der Waals surface area contributed by atoms with Crippen molar-refractivity contribution in [3.63, 3.8) is 0 Å². The minimum absolute atomic E-state index is 0.0628. The lowest BCUT2D eigenvalue weighted by Crippen LogP contribution is -3.15. The first-order valence-corrected chi connectivity index (χ1v) is 8.59. The molecule has 1 unspecified atom stereocenters. The van der Waals surface area contributed by atoms with E-state index < -0.39 is 0 Å². The van der Waals surface area contributed by atoms with Gasteiger partial charge in [0.05, 0.1) is 7.05 Å². The third kappa shape index (κ3) is 3.94. The van der Waals surface area contributed by atoms with E-state index in [1.54, 1.807) is 4.90 Å². The van der Waals surface area contributed by atoms with Gasteiger partial charge < -0.3 is 19.3 Å². The number of carbonyl (C=O) groups is 1. The standard InChI is InChI=1S/C20H24N2O3/c1-15(20(23)22(3)16-9-5-4-6-10-16)21(2)13-17-14-24-18-11-7-8-12-19(18)25-17/h4-12,15,17H,13-14H2,1-3H3/p+1/t15-,17-/m1/s1. The summed E-state index contributed by atoms with van der Waals surface area (Å²) in [4.78, 5) is 15.6. The lowest BCUT2D eigenvalue weighted by atomic mass is 10.2. The van der Waals surface area contributed by atoms with Gasteiger partial charge in [-0.25, -0.2) is 0 Å². The van der Waals surface area contributed by atoms with E-state index in [-0.39, 0.29) is 18.1 Å². The summed E-state index contributed by atoms with van der Waals surface area (Å²) in [7, 11) is 3.84. The van der Waals surface area contributed by atoms with Crippen LogP contribution in [0.25, 0.3) is 0 Å². The molecule has 0 bridgehead atoms. The van der Waals surface area contributed by atoms with Gasteiger partial charge in [-0.3, -0.25) is 4.79 Å². The fraction of sp³-hybridized carbons (Fsp3) is 0.350. The molecule has 5 nitrogen and oxygen atoms in total. The van der Waals surface area contributed by atoms with Gasteiger partial charge in [0.15, 0.2) is 23.6 Å². The van der Waals surface area contributed by atoms with Gasteiger partial charge in [-0.15, -0.1) is 0 Å². The Kier molecular flexibility index (Phi) is 5.24. The number of fused-ring (bicyclic) bond motifs is 1. The fourth-order valence-corrected chi connectivity index (χ4v) is 2.98. The number of hydrogen-bond donors (Lipinski definition) is 1. The second-order valence-electron chi connectivity index (χ2n) is 6.50. The highest BCUT2D eigenvalue weighted by Crippen LogP contribution is 2.30. The summed E-state index contributed by atoms with van der Waals surface area (Å²) >= 11 is 0. The fourth-order valence-electron chi connectivity index (χ4n) is 2.98. The van der Waals surface area contributed by atoms with Crippen LogP contribution in [0.3, 0.4) is 0 Å². The number of benzene rings is 2. The number of rotatable bonds is 5. The molecule has 0 fully saturated rings. The minimum Gasteiger partial charge on any atom is -0.486 e. The summed E-state index contributed by atoms with van der Waals surface area (Å²) < 4.78 is 11.8. The summed E-state index contributed by atoms with van der Waals surface area (Å²) in [5.74, 6) is 1.64. The molecule has 0 spiro atoms. The summed E-state index contributed by atoms with van der Waals surface area (Å²) in [5.41, 5.74) is 0.901. The average molecular weight is 341 g/mol. The highest BCUT2D eigenvalue weighted by Gasteiger charge is 2.30. The van der Waals surface area contributed by atoms with E-state index in [9.17, 15) is 4.79 Å². The van der Waals surface area contributed by atoms with Crippen molar-refractivity contribution in [3.05, 3.63) is 54.6 Å². The Morgan fingerprint density at radius 1 is 1.16 bits per heavy atom. The number of nitrogens with zero attached hydrogens (tertiary/aromatic N) is 1. The van der Waals surface area contributed by atoms with Gasteiger partial charge >= 0.3 is 0 Å². The summed E-state index contributed by atoms with van der Waals surface area (Å²) in [6, 6.07) is 17.2. The SMILES string of the molecule is C[C@H](C(=O)N(C)c1ccccc1)[NH+](C)C[C@@H]1COc2ccccc2O1. The maximum absolute atomic E-state index is 12.8. The molecule has 0 radical (unpaired) electrons. The van der Waals surface area contributed by atoms with Gasteiger partial charge in [-0.05, 0) is 31.2 Å². The number of amides is 1. The zero-order valence-corrected chi connectivity index (χ0v) is 14.9. The Morgan fingerprint density at radius 3 is 2.52 bits per heavy atom. The third-order valence-electron chi connectivity index (χ3n) is 4.70. The second kappa shape index (κ2) is 7.57. The normalized spacial score (nSPS) is 18.3. The van der Waals surface area contributed by atoms with Crippen molar-refractivity contribution in [2.24, 2.45) is 0 Å². The molecule has 25 heavy (non-hydrogen) atoms. The Hall–Kier alpha value is -2.53. The molecule has 0 saturated heterocycles. The van der Waals surface area contributed by atoms with Gasteiger partial charge in [0.2, 0.25) is 0 Å². The van der Waals surface area contributed by atoms with Crippen LogP contribution < -0.4 is 19.3 Å². The molecule has 2 aromatic rings. The van der Waals surface area contributed by atoms with E-state index in [0.717, 1.165) is 22.1 Å². The number of ether oxygens (including phenoxy) is 2. The predicted octanol–water partition coefficient (Wildman–Crippen LogP) is 1.39. The Morgan fingerprint density at radius 2 is 1.80 bits per heavy atom. The van der Waals surface area contributed by atoms with Crippen LogP contribution in [0.1, 0.15) is 6.92 Å². The Labute approximate surface area is 148 Å². The molecule has 132 valence electrons. The largest absolute Gasteiger partial charge is 0.486 e. The molecule has 0 aliphatic carbocycles. The zero-order chi connectivity index (χ0) is 17.8. The second-order valence-corrected chi connectivity index (χ2v) is 6.50. The molecule has 3 atom stereocenters. The first-order chi connectivity index (χ1) is 12.1. The first kappa shape index (κ1) is 17.3. The van der Waals surface area contributed by atoms with Crippen molar-refractivity contribution in [2.45, 2.75) is 19.1 Å². The van der Waals surface area contributed by atoms with E-state index in [1.807, 2.05) is 75.6 Å². The van der Waals surface area contributed by atoms with Gasteiger partial charge in [0, 0.05) is 12.7 Å². The average Bonchev–Trinajstić information content (AvgIpc) is 2.66. The zero-order valence-electron chi connectivity index (χ0n) is 14.9. The number of nitrogens with one attached hydrogen (secondary N) is 1. The maximum Gasteiger partial charge on any atom is 0.284 e. The summed E-state index contributed by atoms with van der Waals surface area (Å²) in [6.45, 7) is 3.16. The Balaban J connectivity index is 1.59.